The van der Waals surface area contributed by atoms with E-state index in [-0.39, 0.29) is 29.7 Å². The van der Waals surface area contributed by atoms with Gasteiger partial charge in [-0.3, -0.25) is 19.4 Å². The molecular weight excluding hydrogens is 226 g/mol. The number of hydrogen-bond acceptors (Lipinski definition) is 7. The highest BCUT2D eigenvalue weighted by molar-refractivity contribution is 6.65. The van der Waals surface area contributed by atoms with Crippen LogP contribution in [0.1, 0.15) is 6.92 Å². The quantitative estimate of drug-likeness (QED) is 0.564. The molecule has 8 nitrogen and oxygen atoms in total. The van der Waals surface area contributed by atoms with Crippen molar-refractivity contribution in [1.29, 1.82) is 0 Å². The fourth-order valence-electron chi connectivity index (χ4n) is 1.39. The van der Waals surface area contributed by atoms with Gasteiger partial charge in [-0.15, -0.1) is 0 Å². The smallest absolute Gasteiger partial charge is 0.280 e. The summed E-state index contributed by atoms with van der Waals surface area (Å²) in [6.07, 6.45) is 0. The number of Topliss-reactive ketones (excluding diaryl/α,β-unsaturated/α-hetero) is 2. The molecule has 2 rings (SSSR count). The summed E-state index contributed by atoms with van der Waals surface area (Å²) >= 11 is 0. The number of fused-ring (bicyclic) bond motifs is 1. The van der Waals surface area contributed by atoms with E-state index in [1.54, 1.807) is 0 Å². The molecule has 1 aromatic heterocycles. The second-order valence-electron chi connectivity index (χ2n) is 3.45. The lowest BCUT2D eigenvalue weighted by Gasteiger charge is -2.14. The van der Waals surface area contributed by atoms with Crippen molar-refractivity contribution in [3.05, 3.63) is 10.4 Å². The van der Waals surface area contributed by atoms with Crippen LogP contribution in [0.15, 0.2) is 9.79 Å². The van der Waals surface area contributed by atoms with Crippen LogP contribution in [0.2, 0.25) is 0 Å². The summed E-state index contributed by atoms with van der Waals surface area (Å²) in [5.74, 6) is -1.20. The molecule has 1 aromatic rings. The second kappa shape index (κ2) is 3.81. The van der Waals surface area contributed by atoms with Crippen molar-refractivity contribution >= 4 is 34.7 Å². The number of nitrogen functional groups attached to an aromatic ring is 1. The Kier molecular flexibility index (Phi) is 2.47. The first kappa shape index (κ1) is 11.0. The molecule has 0 saturated heterocycles. The van der Waals surface area contributed by atoms with Crippen molar-refractivity contribution in [3.63, 3.8) is 0 Å². The molecule has 0 aromatic carbocycles. The standard InChI is InChI=1S/C9H9N5O3/c1-3(15)6(16)4-2-11-7-5(12-4)8(17)14-9(10)13-7/h2H2,1H3,(H4,10,11,13,14,17). The Morgan fingerprint density at radius 2 is 2.12 bits per heavy atom. The highest BCUT2D eigenvalue weighted by atomic mass is 16.2. The molecule has 88 valence electrons. The summed E-state index contributed by atoms with van der Waals surface area (Å²) in [5, 5.41) is 2.72. The molecule has 17 heavy (non-hydrogen) atoms. The summed E-state index contributed by atoms with van der Waals surface area (Å²) < 4.78 is 0. The average Bonchev–Trinajstić information content (AvgIpc) is 2.27. The van der Waals surface area contributed by atoms with Crippen LogP contribution in [0, 0.1) is 0 Å². The molecule has 0 amide bonds. The predicted octanol–water partition coefficient (Wildman–Crippen LogP) is -0.992. The SMILES string of the molecule is CC(=O)C(=O)C1=Nc2c(nc(N)[nH]c2=O)NC1. The highest BCUT2D eigenvalue weighted by Crippen LogP contribution is 2.21. The van der Waals surface area contributed by atoms with Crippen molar-refractivity contribution in [1.82, 2.24) is 9.97 Å². The van der Waals surface area contributed by atoms with Crippen LogP contribution in [0.5, 0.6) is 0 Å². The van der Waals surface area contributed by atoms with Gasteiger partial charge < -0.3 is 11.1 Å². The minimum absolute atomic E-state index is 0.0120. The normalized spacial score (nSPS) is 13.4. The van der Waals surface area contributed by atoms with Crippen LogP contribution in [0.3, 0.4) is 0 Å². The number of H-pyrrole nitrogens is 1. The van der Waals surface area contributed by atoms with Gasteiger partial charge in [-0.2, -0.15) is 4.98 Å². The largest absolute Gasteiger partial charge is 0.369 e. The molecule has 0 aliphatic carbocycles. The molecule has 1 aliphatic heterocycles. The Morgan fingerprint density at radius 3 is 2.76 bits per heavy atom. The zero-order chi connectivity index (χ0) is 12.6. The van der Waals surface area contributed by atoms with E-state index in [2.05, 4.69) is 20.3 Å². The van der Waals surface area contributed by atoms with Crippen molar-refractivity contribution in [2.75, 3.05) is 17.6 Å². The van der Waals surface area contributed by atoms with Gasteiger partial charge in [0.2, 0.25) is 17.5 Å². The van der Waals surface area contributed by atoms with Gasteiger partial charge in [0, 0.05) is 6.92 Å². The summed E-state index contributed by atoms with van der Waals surface area (Å²) in [6, 6.07) is 0. The Hall–Kier alpha value is -2.51. The van der Waals surface area contributed by atoms with Crippen molar-refractivity contribution in [2.45, 2.75) is 6.92 Å². The summed E-state index contributed by atoms with van der Waals surface area (Å²) in [7, 11) is 0. The van der Waals surface area contributed by atoms with E-state index in [1.165, 1.54) is 0 Å². The van der Waals surface area contributed by atoms with Gasteiger partial charge in [-0.05, 0) is 0 Å². The first-order chi connectivity index (χ1) is 7.99. The number of anilines is 2. The molecule has 2 heterocycles. The van der Waals surface area contributed by atoms with Gasteiger partial charge in [0.15, 0.2) is 11.5 Å². The Morgan fingerprint density at radius 1 is 1.41 bits per heavy atom. The van der Waals surface area contributed by atoms with Crippen molar-refractivity contribution < 1.29 is 9.59 Å². The molecule has 0 fully saturated rings. The number of aliphatic imine (C=N–C) groups is 1. The topological polar surface area (TPSA) is 130 Å². The Bertz CT molecular complexity index is 601. The third-order valence-electron chi connectivity index (χ3n) is 2.17. The third-order valence-corrected chi connectivity index (χ3v) is 2.17. The minimum atomic E-state index is -0.723. The van der Waals surface area contributed by atoms with Crippen LogP contribution < -0.4 is 16.6 Å². The first-order valence-electron chi connectivity index (χ1n) is 4.75. The van der Waals surface area contributed by atoms with E-state index in [0.29, 0.717) is 0 Å². The van der Waals surface area contributed by atoms with Crippen LogP contribution in [-0.4, -0.2) is 33.8 Å². The molecule has 0 bridgehead atoms. The Labute approximate surface area is 95.0 Å². The second-order valence-corrected chi connectivity index (χ2v) is 3.45. The maximum atomic E-state index is 11.5. The zero-order valence-corrected chi connectivity index (χ0v) is 8.90. The molecule has 8 heteroatoms. The van der Waals surface area contributed by atoms with Crippen LogP contribution in [-0.2, 0) is 9.59 Å². The van der Waals surface area contributed by atoms with Gasteiger partial charge in [-0.1, -0.05) is 0 Å². The number of aromatic nitrogens is 2. The molecule has 0 atom stereocenters. The summed E-state index contributed by atoms with van der Waals surface area (Å²) in [5.41, 5.74) is 4.73. The number of nitrogens with zero attached hydrogens (tertiary/aromatic N) is 2. The number of ketones is 2. The monoisotopic (exact) mass is 235 g/mol. The number of rotatable bonds is 2. The predicted molar refractivity (Wildman–Crippen MR) is 60.5 cm³/mol. The van der Waals surface area contributed by atoms with E-state index >= 15 is 0 Å². The van der Waals surface area contributed by atoms with E-state index in [9.17, 15) is 14.4 Å². The van der Waals surface area contributed by atoms with Crippen molar-refractivity contribution in [2.24, 2.45) is 4.99 Å². The highest BCUT2D eigenvalue weighted by Gasteiger charge is 2.23. The van der Waals surface area contributed by atoms with E-state index in [1.807, 2.05) is 0 Å². The molecular formula is C9H9N5O3. The molecule has 1 aliphatic rings. The number of aromatic amines is 1. The number of carbonyl (C=O) groups is 2. The molecule has 4 N–H and O–H groups in total. The van der Waals surface area contributed by atoms with Gasteiger partial charge in [0.25, 0.3) is 5.56 Å². The van der Waals surface area contributed by atoms with Gasteiger partial charge in [0.1, 0.15) is 5.71 Å². The molecule has 0 saturated carbocycles. The maximum Gasteiger partial charge on any atom is 0.280 e. The average molecular weight is 235 g/mol. The number of nitrogens with two attached hydrogens (primary N) is 1. The summed E-state index contributed by atoms with van der Waals surface area (Å²) in [4.78, 5) is 43.7. The summed E-state index contributed by atoms with van der Waals surface area (Å²) in [6.45, 7) is 1.19. The first-order valence-corrected chi connectivity index (χ1v) is 4.75. The third kappa shape index (κ3) is 1.92. The maximum absolute atomic E-state index is 11.5. The van der Waals surface area contributed by atoms with Crippen LogP contribution in [0.4, 0.5) is 17.5 Å². The van der Waals surface area contributed by atoms with E-state index in [0.717, 1.165) is 6.92 Å². The van der Waals surface area contributed by atoms with E-state index < -0.39 is 17.1 Å². The number of hydrogen-bond donors (Lipinski definition) is 3. The van der Waals surface area contributed by atoms with Crippen LogP contribution in [0.25, 0.3) is 0 Å². The lowest BCUT2D eigenvalue weighted by Crippen LogP contribution is -2.32. The van der Waals surface area contributed by atoms with Crippen molar-refractivity contribution in [3.8, 4) is 0 Å². The fourth-order valence-corrected chi connectivity index (χ4v) is 1.39. The molecule has 0 radical (unpaired) electrons. The lowest BCUT2D eigenvalue weighted by atomic mass is 10.1. The van der Waals surface area contributed by atoms with Gasteiger partial charge in [-0.25, -0.2) is 4.99 Å². The number of carbonyl (C=O) groups excluding carboxylic acids is 2. The lowest BCUT2D eigenvalue weighted by molar-refractivity contribution is -0.131. The molecule has 0 spiro atoms. The molecule has 0 unspecified atom stereocenters. The van der Waals surface area contributed by atoms with Gasteiger partial charge in [0.05, 0.1) is 6.54 Å². The Balaban J connectivity index is 2.52. The number of nitrogens with one attached hydrogen (secondary N) is 2. The van der Waals surface area contributed by atoms with Gasteiger partial charge >= 0.3 is 0 Å². The zero-order valence-electron chi connectivity index (χ0n) is 8.90. The minimum Gasteiger partial charge on any atom is -0.369 e. The van der Waals surface area contributed by atoms with Crippen LogP contribution >= 0.6 is 0 Å². The fraction of sp³-hybridized carbons (Fsp3) is 0.222. The van der Waals surface area contributed by atoms with E-state index in [4.69, 9.17) is 5.73 Å².